The molecule has 3 N–H and O–H groups in total. The summed E-state index contributed by atoms with van der Waals surface area (Å²) < 4.78 is 29.3. The predicted molar refractivity (Wildman–Crippen MR) is 61.4 cm³/mol. The van der Waals surface area contributed by atoms with Crippen LogP contribution in [0.4, 0.5) is 0 Å². The Kier molecular flexibility index (Phi) is 3.69. The van der Waals surface area contributed by atoms with Crippen LogP contribution in [0.2, 0.25) is 0 Å². The second-order valence-electron chi connectivity index (χ2n) is 4.11. The lowest BCUT2D eigenvalue weighted by Gasteiger charge is -2.34. The van der Waals surface area contributed by atoms with Gasteiger partial charge < -0.3 is 20.1 Å². The first-order chi connectivity index (χ1) is 8.44. The number of sulfone groups is 1. The van der Waals surface area contributed by atoms with Crippen molar-refractivity contribution in [3.63, 3.8) is 0 Å². The molecule has 1 aromatic rings. The molecule has 0 aromatic heterocycles. The van der Waals surface area contributed by atoms with E-state index in [1.54, 1.807) is 18.2 Å². The van der Waals surface area contributed by atoms with Crippen LogP contribution in [0.25, 0.3) is 0 Å². The van der Waals surface area contributed by atoms with Crippen molar-refractivity contribution >= 4 is 9.84 Å². The van der Waals surface area contributed by atoms with Gasteiger partial charge in [-0.05, 0) is 12.1 Å². The van der Waals surface area contributed by atoms with E-state index >= 15 is 0 Å². The first kappa shape index (κ1) is 13.4. The van der Waals surface area contributed by atoms with Gasteiger partial charge in [0.15, 0.2) is 5.44 Å². The number of aliphatic hydroxyl groups is 3. The van der Waals surface area contributed by atoms with E-state index in [0.717, 1.165) is 0 Å². The quantitative estimate of drug-likeness (QED) is 0.632. The lowest BCUT2D eigenvalue weighted by atomic mass is 10.1. The Morgan fingerprint density at radius 3 is 2.28 bits per heavy atom. The smallest absolute Gasteiger partial charge is 0.207 e. The van der Waals surface area contributed by atoms with Gasteiger partial charge in [-0.25, -0.2) is 8.42 Å². The fourth-order valence-electron chi connectivity index (χ4n) is 1.80. The van der Waals surface area contributed by atoms with E-state index in [-0.39, 0.29) is 11.5 Å². The third-order valence-electron chi connectivity index (χ3n) is 2.83. The maximum Gasteiger partial charge on any atom is 0.207 e. The molecule has 18 heavy (non-hydrogen) atoms. The number of rotatable bonds is 2. The first-order valence-corrected chi connectivity index (χ1v) is 6.94. The van der Waals surface area contributed by atoms with Crippen LogP contribution in [0, 0.1) is 0 Å². The second-order valence-corrected chi connectivity index (χ2v) is 6.13. The van der Waals surface area contributed by atoms with E-state index in [9.17, 15) is 23.7 Å². The molecule has 1 fully saturated rings. The zero-order chi connectivity index (χ0) is 13.3. The van der Waals surface area contributed by atoms with Crippen LogP contribution in [0.3, 0.4) is 0 Å². The summed E-state index contributed by atoms with van der Waals surface area (Å²) in [7, 11) is -3.91. The molecule has 1 heterocycles. The zero-order valence-corrected chi connectivity index (χ0v) is 10.2. The molecular formula is C11H14O6S. The van der Waals surface area contributed by atoms with Gasteiger partial charge in [0.25, 0.3) is 0 Å². The number of ether oxygens (including phenoxy) is 1. The molecule has 0 unspecified atom stereocenters. The Bertz CT molecular complexity index is 500. The van der Waals surface area contributed by atoms with Crippen molar-refractivity contribution in [1.29, 1.82) is 0 Å². The number of aliphatic hydroxyl groups excluding tert-OH is 3. The summed E-state index contributed by atoms with van der Waals surface area (Å²) in [6, 6.07) is 7.52. The Labute approximate surface area is 104 Å². The molecule has 0 bridgehead atoms. The van der Waals surface area contributed by atoms with Crippen LogP contribution >= 0.6 is 0 Å². The van der Waals surface area contributed by atoms with E-state index in [1.165, 1.54) is 12.1 Å². The molecule has 0 spiro atoms. The van der Waals surface area contributed by atoms with Crippen molar-refractivity contribution < 1.29 is 28.5 Å². The molecule has 0 radical (unpaired) electrons. The molecule has 0 amide bonds. The van der Waals surface area contributed by atoms with Gasteiger partial charge in [0, 0.05) is 0 Å². The van der Waals surface area contributed by atoms with Crippen molar-refractivity contribution in [1.82, 2.24) is 0 Å². The van der Waals surface area contributed by atoms with E-state index in [4.69, 9.17) is 4.74 Å². The SMILES string of the molecule is O=S(=O)(c1ccccc1)[C@@H]1OC[C@H](O)[C@H](O)[C@H]1O. The summed E-state index contributed by atoms with van der Waals surface area (Å²) in [6.45, 7) is -0.338. The minimum Gasteiger partial charge on any atom is -0.388 e. The average molecular weight is 274 g/mol. The Morgan fingerprint density at radius 2 is 1.67 bits per heavy atom. The van der Waals surface area contributed by atoms with Crippen LogP contribution in [0.15, 0.2) is 35.2 Å². The Hall–Kier alpha value is -0.990. The standard InChI is InChI=1S/C11H14O6S/c12-8-6-17-11(10(14)9(8)13)18(15,16)7-4-2-1-3-5-7/h1-5,8-14H,6H2/t8-,9-,10+,11-/m0/s1. The molecule has 1 aromatic carbocycles. The van der Waals surface area contributed by atoms with Gasteiger partial charge >= 0.3 is 0 Å². The highest BCUT2D eigenvalue weighted by atomic mass is 32.2. The van der Waals surface area contributed by atoms with E-state index in [2.05, 4.69) is 0 Å². The maximum atomic E-state index is 12.2. The molecule has 0 aliphatic carbocycles. The normalized spacial score (nSPS) is 33.3. The van der Waals surface area contributed by atoms with E-state index in [1.807, 2.05) is 0 Å². The highest BCUT2D eigenvalue weighted by Crippen LogP contribution is 2.25. The molecule has 1 aliphatic heterocycles. The fraction of sp³-hybridized carbons (Fsp3) is 0.455. The van der Waals surface area contributed by atoms with Crippen LogP contribution in [-0.2, 0) is 14.6 Å². The van der Waals surface area contributed by atoms with Gasteiger partial charge in [0.2, 0.25) is 9.84 Å². The minimum atomic E-state index is -3.91. The Morgan fingerprint density at radius 1 is 1.06 bits per heavy atom. The minimum absolute atomic E-state index is 0.00219. The highest BCUT2D eigenvalue weighted by molar-refractivity contribution is 7.92. The lowest BCUT2D eigenvalue weighted by molar-refractivity contribution is -0.163. The Balaban J connectivity index is 2.32. The van der Waals surface area contributed by atoms with Crippen molar-refractivity contribution in [3.05, 3.63) is 30.3 Å². The molecule has 100 valence electrons. The molecule has 2 rings (SSSR count). The van der Waals surface area contributed by atoms with Crippen molar-refractivity contribution in [3.8, 4) is 0 Å². The molecular weight excluding hydrogens is 260 g/mol. The molecule has 7 heteroatoms. The number of benzene rings is 1. The topological polar surface area (TPSA) is 104 Å². The fourth-order valence-corrected chi connectivity index (χ4v) is 3.39. The van der Waals surface area contributed by atoms with Crippen molar-refractivity contribution in [2.75, 3.05) is 6.61 Å². The maximum absolute atomic E-state index is 12.2. The van der Waals surface area contributed by atoms with Crippen LogP contribution < -0.4 is 0 Å². The molecule has 1 saturated heterocycles. The first-order valence-electron chi connectivity index (χ1n) is 5.39. The summed E-state index contributed by atoms with van der Waals surface area (Å²) in [5, 5.41) is 28.4. The van der Waals surface area contributed by atoms with E-state index < -0.39 is 33.6 Å². The van der Waals surface area contributed by atoms with Gasteiger partial charge in [-0.15, -0.1) is 0 Å². The average Bonchev–Trinajstić information content (AvgIpc) is 2.37. The van der Waals surface area contributed by atoms with Crippen LogP contribution in [-0.4, -0.2) is 54.1 Å². The lowest BCUT2D eigenvalue weighted by Crippen LogP contribution is -2.55. The summed E-state index contributed by atoms with van der Waals surface area (Å²) in [5.41, 5.74) is -1.57. The van der Waals surface area contributed by atoms with Gasteiger partial charge in [-0.2, -0.15) is 0 Å². The third kappa shape index (κ3) is 2.27. The largest absolute Gasteiger partial charge is 0.388 e. The highest BCUT2D eigenvalue weighted by Gasteiger charge is 2.44. The van der Waals surface area contributed by atoms with Crippen LogP contribution in [0.1, 0.15) is 0 Å². The van der Waals surface area contributed by atoms with Crippen molar-refractivity contribution in [2.45, 2.75) is 28.6 Å². The number of hydrogen-bond acceptors (Lipinski definition) is 6. The zero-order valence-electron chi connectivity index (χ0n) is 9.38. The van der Waals surface area contributed by atoms with Crippen LogP contribution in [0.5, 0.6) is 0 Å². The monoisotopic (exact) mass is 274 g/mol. The summed E-state index contributed by atoms with van der Waals surface area (Å²) >= 11 is 0. The third-order valence-corrected chi connectivity index (χ3v) is 4.79. The van der Waals surface area contributed by atoms with Gasteiger partial charge in [-0.1, -0.05) is 18.2 Å². The van der Waals surface area contributed by atoms with Gasteiger partial charge in [0.05, 0.1) is 11.5 Å². The number of hydrogen-bond donors (Lipinski definition) is 3. The summed E-state index contributed by atoms with van der Waals surface area (Å²) in [6.07, 6.45) is -4.51. The predicted octanol–water partition coefficient (Wildman–Crippen LogP) is -1.10. The molecule has 1 aliphatic rings. The molecule has 0 saturated carbocycles. The molecule has 4 atom stereocenters. The second kappa shape index (κ2) is 4.94. The van der Waals surface area contributed by atoms with Gasteiger partial charge in [-0.3, -0.25) is 0 Å². The van der Waals surface area contributed by atoms with E-state index in [0.29, 0.717) is 0 Å². The summed E-state index contributed by atoms with van der Waals surface area (Å²) in [4.78, 5) is -0.00219. The molecule has 6 nitrogen and oxygen atoms in total. The van der Waals surface area contributed by atoms with Gasteiger partial charge in [0.1, 0.15) is 18.3 Å². The summed E-state index contributed by atoms with van der Waals surface area (Å²) in [5.74, 6) is 0. The van der Waals surface area contributed by atoms with Crippen molar-refractivity contribution in [2.24, 2.45) is 0 Å².